The molecule has 0 amide bonds. The van der Waals surface area contributed by atoms with Crippen molar-refractivity contribution in [2.45, 2.75) is 52.6 Å². The van der Waals surface area contributed by atoms with E-state index in [9.17, 15) is 9.90 Å². The number of allylic oxidation sites excluding steroid dienone is 3. The van der Waals surface area contributed by atoms with Gasteiger partial charge in [0, 0.05) is 6.08 Å². The predicted molar refractivity (Wildman–Crippen MR) is 74.2 cm³/mol. The molecule has 0 rings (SSSR count). The van der Waals surface area contributed by atoms with Gasteiger partial charge in [-0.15, -0.1) is 0 Å². The van der Waals surface area contributed by atoms with Crippen molar-refractivity contribution in [3.63, 3.8) is 0 Å². The van der Waals surface area contributed by atoms with Crippen molar-refractivity contribution in [2.75, 3.05) is 7.11 Å². The van der Waals surface area contributed by atoms with Gasteiger partial charge in [0.05, 0.1) is 12.7 Å². The smallest absolute Gasteiger partial charge is 0.330 e. The fourth-order valence-electron chi connectivity index (χ4n) is 1.50. The van der Waals surface area contributed by atoms with E-state index in [-0.39, 0.29) is 5.97 Å². The molecule has 0 fully saturated rings. The average molecular weight is 254 g/mol. The van der Waals surface area contributed by atoms with Gasteiger partial charge in [0.25, 0.3) is 0 Å². The number of ether oxygens (including phenoxy) is 1. The van der Waals surface area contributed by atoms with Gasteiger partial charge in [-0.2, -0.15) is 0 Å². The molecule has 0 bridgehead atoms. The van der Waals surface area contributed by atoms with E-state index in [1.165, 1.54) is 13.2 Å². The molecule has 0 spiro atoms. The van der Waals surface area contributed by atoms with Gasteiger partial charge in [-0.1, -0.05) is 19.1 Å². The van der Waals surface area contributed by atoms with Gasteiger partial charge in [0.1, 0.15) is 0 Å². The van der Waals surface area contributed by atoms with Crippen molar-refractivity contribution < 1.29 is 14.6 Å². The highest BCUT2D eigenvalue weighted by molar-refractivity contribution is 5.83. The Morgan fingerprint density at radius 1 is 1.44 bits per heavy atom. The molecule has 3 heteroatoms. The summed E-state index contributed by atoms with van der Waals surface area (Å²) in [4.78, 5) is 11.0. The lowest BCUT2D eigenvalue weighted by atomic mass is 9.94. The summed E-state index contributed by atoms with van der Waals surface area (Å²) in [7, 11) is 1.37. The molecule has 0 aliphatic carbocycles. The van der Waals surface area contributed by atoms with Crippen molar-refractivity contribution >= 4 is 5.97 Å². The molecule has 0 aromatic heterocycles. The van der Waals surface area contributed by atoms with Crippen molar-refractivity contribution in [3.05, 3.63) is 23.8 Å². The molecular formula is C15H26O3. The average Bonchev–Trinajstić information content (AvgIpc) is 2.25. The normalized spacial score (nSPS) is 14.9. The monoisotopic (exact) mass is 254 g/mol. The van der Waals surface area contributed by atoms with Gasteiger partial charge < -0.3 is 9.84 Å². The minimum absolute atomic E-state index is 0.327. The first-order valence-electron chi connectivity index (χ1n) is 6.40. The molecule has 0 aliphatic rings. The Hall–Kier alpha value is -1.09. The predicted octanol–water partition coefficient (Wildman–Crippen LogP) is 3.24. The highest BCUT2D eigenvalue weighted by atomic mass is 16.5. The van der Waals surface area contributed by atoms with Crippen LogP contribution in [-0.2, 0) is 9.53 Å². The molecule has 0 saturated carbocycles. The van der Waals surface area contributed by atoms with Crippen LogP contribution in [-0.4, -0.2) is 23.8 Å². The Morgan fingerprint density at radius 2 is 2.06 bits per heavy atom. The first-order valence-corrected chi connectivity index (χ1v) is 6.40. The molecule has 18 heavy (non-hydrogen) atoms. The molecule has 0 aromatic carbocycles. The molecule has 0 saturated heterocycles. The van der Waals surface area contributed by atoms with E-state index >= 15 is 0 Å². The third-order valence-corrected chi connectivity index (χ3v) is 2.71. The van der Waals surface area contributed by atoms with Crippen LogP contribution < -0.4 is 0 Å². The quantitative estimate of drug-likeness (QED) is 0.431. The Bertz CT molecular complexity index is 308. The van der Waals surface area contributed by atoms with E-state index in [4.69, 9.17) is 0 Å². The maximum atomic E-state index is 11.0. The molecule has 1 N–H and O–H groups in total. The van der Waals surface area contributed by atoms with Crippen LogP contribution in [0.4, 0.5) is 0 Å². The highest BCUT2D eigenvalue weighted by Gasteiger charge is 2.13. The van der Waals surface area contributed by atoms with Crippen LogP contribution in [0, 0.1) is 5.92 Å². The number of esters is 1. The summed E-state index contributed by atoms with van der Waals surface area (Å²) >= 11 is 0. The number of methoxy groups -OCH3 is 1. The van der Waals surface area contributed by atoms with Crippen LogP contribution >= 0.6 is 0 Å². The summed E-state index contributed by atoms with van der Waals surface area (Å²) in [6.07, 6.45) is 8.20. The van der Waals surface area contributed by atoms with Crippen molar-refractivity contribution in [1.82, 2.24) is 0 Å². The lowest BCUT2D eigenvalue weighted by Gasteiger charge is -2.19. The molecule has 0 radical (unpaired) electrons. The lowest BCUT2D eigenvalue weighted by molar-refractivity contribution is -0.134. The summed E-state index contributed by atoms with van der Waals surface area (Å²) in [6.45, 7) is 7.70. The molecular weight excluding hydrogens is 228 g/mol. The molecule has 104 valence electrons. The van der Waals surface area contributed by atoms with E-state index in [0.29, 0.717) is 5.92 Å². The summed E-state index contributed by atoms with van der Waals surface area (Å²) in [5.41, 5.74) is 0.301. The number of hydrogen-bond acceptors (Lipinski definition) is 3. The van der Waals surface area contributed by atoms with E-state index in [1.54, 1.807) is 0 Å². The van der Waals surface area contributed by atoms with E-state index in [2.05, 4.69) is 17.7 Å². The summed E-state index contributed by atoms with van der Waals surface area (Å²) in [5.74, 6) is 0.200. The Kier molecular flexibility index (Phi) is 7.60. The van der Waals surface area contributed by atoms with Crippen molar-refractivity contribution in [2.24, 2.45) is 5.92 Å². The van der Waals surface area contributed by atoms with Crippen molar-refractivity contribution in [3.8, 4) is 0 Å². The van der Waals surface area contributed by atoms with Crippen molar-refractivity contribution in [1.29, 1.82) is 0 Å². The minimum atomic E-state index is -0.585. The molecule has 1 atom stereocenters. The van der Waals surface area contributed by atoms with Gasteiger partial charge >= 0.3 is 5.97 Å². The van der Waals surface area contributed by atoms with Crippen LogP contribution in [0.2, 0.25) is 0 Å². The third kappa shape index (κ3) is 10.1. The first kappa shape index (κ1) is 16.9. The molecule has 3 nitrogen and oxygen atoms in total. The fourth-order valence-corrected chi connectivity index (χ4v) is 1.50. The summed E-state index contributed by atoms with van der Waals surface area (Å²) < 4.78 is 4.55. The maximum absolute atomic E-state index is 11.0. The molecule has 1 unspecified atom stereocenters. The second kappa shape index (κ2) is 8.09. The number of carbonyl (C=O) groups excluding carboxylic acids is 1. The topological polar surface area (TPSA) is 46.5 Å². The zero-order chi connectivity index (χ0) is 14.2. The van der Waals surface area contributed by atoms with Gasteiger partial charge in [-0.3, -0.25) is 0 Å². The minimum Gasteiger partial charge on any atom is -0.466 e. The molecule has 0 aromatic rings. The largest absolute Gasteiger partial charge is 0.466 e. The number of aliphatic hydroxyl groups is 1. The first-order chi connectivity index (χ1) is 8.24. The molecule has 0 aliphatic heterocycles. The van der Waals surface area contributed by atoms with Gasteiger partial charge in [-0.05, 0) is 51.5 Å². The van der Waals surface area contributed by atoms with E-state index in [1.807, 2.05) is 26.8 Å². The summed E-state index contributed by atoms with van der Waals surface area (Å²) in [6, 6.07) is 0. The second-order valence-corrected chi connectivity index (χ2v) is 5.51. The third-order valence-electron chi connectivity index (χ3n) is 2.71. The van der Waals surface area contributed by atoms with Crippen LogP contribution in [0.3, 0.4) is 0 Å². The Morgan fingerprint density at radius 3 is 2.56 bits per heavy atom. The fraction of sp³-hybridized carbons (Fsp3) is 0.667. The number of rotatable bonds is 7. The number of carbonyl (C=O) groups is 1. The zero-order valence-electron chi connectivity index (χ0n) is 12.2. The second-order valence-electron chi connectivity index (χ2n) is 5.51. The summed E-state index contributed by atoms with van der Waals surface area (Å²) in [5, 5.41) is 9.63. The van der Waals surface area contributed by atoms with Gasteiger partial charge in [0.15, 0.2) is 0 Å². The van der Waals surface area contributed by atoms with E-state index in [0.717, 1.165) is 24.8 Å². The van der Waals surface area contributed by atoms with Crippen LogP contribution in [0.1, 0.15) is 47.0 Å². The number of hydrogen-bond donors (Lipinski definition) is 1. The van der Waals surface area contributed by atoms with Gasteiger partial charge in [0.2, 0.25) is 0 Å². The SMILES string of the molecule is COC(=O)C=C(C)C=CCC(C)CCC(C)(C)O. The zero-order valence-corrected chi connectivity index (χ0v) is 12.2. The van der Waals surface area contributed by atoms with Crippen LogP contribution in [0.25, 0.3) is 0 Å². The Balaban J connectivity index is 4.01. The Labute approximate surface area is 111 Å². The highest BCUT2D eigenvalue weighted by Crippen LogP contribution is 2.18. The molecule has 0 heterocycles. The standard InChI is InChI=1S/C15H26O3/c1-12(9-10-15(3,4)17)7-6-8-13(2)11-14(16)18-5/h6,8,11-12,17H,7,9-10H2,1-5H3. The lowest BCUT2D eigenvalue weighted by Crippen LogP contribution is -2.19. The van der Waals surface area contributed by atoms with Gasteiger partial charge in [-0.25, -0.2) is 4.79 Å². The van der Waals surface area contributed by atoms with Crippen LogP contribution in [0.15, 0.2) is 23.8 Å². The van der Waals surface area contributed by atoms with Crippen LogP contribution in [0.5, 0.6) is 0 Å². The maximum Gasteiger partial charge on any atom is 0.330 e. The van der Waals surface area contributed by atoms with E-state index < -0.39 is 5.60 Å².